The van der Waals surface area contributed by atoms with Gasteiger partial charge in [0.15, 0.2) is 9.84 Å². The summed E-state index contributed by atoms with van der Waals surface area (Å²) in [6.45, 7) is 1.67. The van der Waals surface area contributed by atoms with Gasteiger partial charge in [-0.3, -0.25) is 0 Å². The number of oxime groups is 1. The Kier molecular flexibility index (Phi) is 3.71. The third-order valence-electron chi connectivity index (χ3n) is 3.49. The second kappa shape index (κ2) is 5.10. The second-order valence-corrected chi connectivity index (χ2v) is 6.89. The highest BCUT2D eigenvalue weighted by Gasteiger charge is 2.30. The summed E-state index contributed by atoms with van der Waals surface area (Å²) in [5.41, 5.74) is 1.20. The van der Waals surface area contributed by atoms with Crippen molar-refractivity contribution in [2.45, 2.75) is 42.8 Å². The highest BCUT2D eigenvalue weighted by Crippen LogP contribution is 2.29. The molecule has 2 rings (SSSR count). The molecular formula is C13H17NO3S. The summed E-state index contributed by atoms with van der Waals surface area (Å²) in [6.07, 6.45) is 3.53. The fourth-order valence-electron chi connectivity index (χ4n) is 2.33. The molecule has 4 nitrogen and oxygen atoms in total. The molecule has 0 bridgehead atoms. The molecule has 0 radical (unpaired) electrons. The number of nitrogens with zero attached hydrogens (tertiary/aromatic N) is 1. The summed E-state index contributed by atoms with van der Waals surface area (Å²) in [7, 11) is -3.19. The van der Waals surface area contributed by atoms with Crippen LogP contribution in [0.5, 0.6) is 0 Å². The Labute approximate surface area is 107 Å². The molecule has 0 unspecified atom stereocenters. The van der Waals surface area contributed by atoms with Crippen LogP contribution in [0.4, 0.5) is 0 Å². The van der Waals surface area contributed by atoms with Crippen molar-refractivity contribution in [3.05, 3.63) is 29.8 Å². The van der Waals surface area contributed by atoms with E-state index in [1.807, 2.05) is 0 Å². The Balaban J connectivity index is 2.29. The van der Waals surface area contributed by atoms with Crippen molar-refractivity contribution in [3.8, 4) is 0 Å². The van der Waals surface area contributed by atoms with Gasteiger partial charge < -0.3 is 5.21 Å². The maximum Gasteiger partial charge on any atom is 0.181 e. The van der Waals surface area contributed by atoms with Crippen molar-refractivity contribution in [3.63, 3.8) is 0 Å². The number of rotatable bonds is 3. The van der Waals surface area contributed by atoms with Gasteiger partial charge in [-0.2, -0.15) is 0 Å². The number of sulfone groups is 1. The molecule has 0 aliphatic heterocycles. The van der Waals surface area contributed by atoms with E-state index in [1.54, 1.807) is 31.2 Å². The van der Waals surface area contributed by atoms with Gasteiger partial charge in [0.05, 0.1) is 15.9 Å². The molecular weight excluding hydrogens is 250 g/mol. The SMILES string of the molecule is C/C(=N\O)c1ccc(S(=O)(=O)C2CCCC2)cc1. The van der Waals surface area contributed by atoms with Crippen molar-refractivity contribution in [2.24, 2.45) is 5.16 Å². The summed E-state index contributed by atoms with van der Waals surface area (Å²) in [5.74, 6) is 0. The van der Waals surface area contributed by atoms with Crippen LogP contribution in [0.25, 0.3) is 0 Å². The van der Waals surface area contributed by atoms with Gasteiger partial charge in [0.2, 0.25) is 0 Å². The summed E-state index contributed by atoms with van der Waals surface area (Å²) in [4.78, 5) is 0.365. The molecule has 98 valence electrons. The molecule has 0 heterocycles. The van der Waals surface area contributed by atoms with E-state index in [2.05, 4.69) is 5.16 Å². The lowest BCUT2D eigenvalue weighted by atomic mass is 10.1. The Morgan fingerprint density at radius 2 is 1.78 bits per heavy atom. The fourth-order valence-corrected chi connectivity index (χ4v) is 4.19. The van der Waals surface area contributed by atoms with Crippen molar-refractivity contribution >= 4 is 15.5 Å². The summed E-state index contributed by atoms with van der Waals surface area (Å²) in [5, 5.41) is 11.5. The molecule has 1 saturated carbocycles. The highest BCUT2D eigenvalue weighted by molar-refractivity contribution is 7.92. The van der Waals surface area contributed by atoms with Crippen LogP contribution in [-0.2, 0) is 9.84 Å². The first-order valence-electron chi connectivity index (χ1n) is 6.08. The van der Waals surface area contributed by atoms with Gasteiger partial charge in [0.1, 0.15) is 0 Å². The summed E-state index contributed by atoms with van der Waals surface area (Å²) >= 11 is 0. The van der Waals surface area contributed by atoms with Gasteiger partial charge in [-0.1, -0.05) is 30.1 Å². The van der Waals surface area contributed by atoms with Crippen molar-refractivity contribution in [1.29, 1.82) is 0 Å². The zero-order valence-electron chi connectivity index (χ0n) is 10.3. The lowest BCUT2D eigenvalue weighted by Gasteiger charge is -2.11. The first-order valence-corrected chi connectivity index (χ1v) is 7.63. The molecule has 0 atom stereocenters. The predicted octanol–water partition coefficient (Wildman–Crippen LogP) is 2.60. The molecule has 0 saturated heterocycles. The molecule has 0 spiro atoms. The van der Waals surface area contributed by atoms with E-state index in [9.17, 15) is 8.42 Å². The standard InChI is InChI=1S/C13H17NO3S/c1-10(14-15)11-6-8-13(9-7-11)18(16,17)12-4-2-3-5-12/h6-9,12,15H,2-5H2,1H3/b14-10+. The predicted molar refractivity (Wildman–Crippen MR) is 69.9 cm³/mol. The van der Waals surface area contributed by atoms with Gasteiger partial charge >= 0.3 is 0 Å². The molecule has 1 aromatic rings. The maximum atomic E-state index is 12.3. The Hall–Kier alpha value is -1.36. The van der Waals surface area contributed by atoms with Crippen molar-refractivity contribution < 1.29 is 13.6 Å². The molecule has 0 amide bonds. The largest absolute Gasteiger partial charge is 0.411 e. The number of benzene rings is 1. The van der Waals surface area contributed by atoms with Crippen LogP contribution in [-0.4, -0.2) is 24.6 Å². The summed E-state index contributed by atoms with van der Waals surface area (Å²) < 4.78 is 24.6. The average molecular weight is 267 g/mol. The minimum absolute atomic E-state index is 0.226. The van der Waals surface area contributed by atoms with Crippen molar-refractivity contribution in [2.75, 3.05) is 0 Å². The van der Waals surface area contributed by atoms with E-state index in [-0.39, 0.29) is 5.25 Å². The topological polar surface area (TPSA) is 66.7 Å². The Morgan fingerprint density at radius 3 is 2.28 bits per heavy atom. The van der Waals surface area contributed by atoms with Crippen LogP contribution in [0.3, 0.4) is 0 Å². The van der Waals surface area contributed by atoms with Crippen LogP contribution in [0.15, 0.2) is 34.3 Å². The Morgan fingerprint density at radius 1 is 1.22 bits per heavy atom. The fraction of sp³-hybridized carbons (Fsp3) is 0.462. The molecule has 18 heavy (non-hydrogen) atoms. The van der Waals surface area contributed by atoms with Crippen LogP contribution in [0, 0.1) is 0 Å². The maximum absolute atomic E-state index is 12.3. The van der Waals surface area contributed by atoms with E-state index in [0.717, 1.165) is 31.2 Å². The average Bonchev–Trinajstić information content (AvgIpc) is 2.92. The summed E-state index contributed by atoms with van der Waals surface area (Å²) in [6, 6.07) is 6.54. The van der Waals surface area contributed by atoms with E-state index >= 15 is 0 Å². The van der Waals surface area contributed by atoms with Gasteiger partial charge in [-0.25, -0.2) is 8.42 Å². The third-order valence-corrected chi connectivity index (χ3v) is 5.77. The normalized spacial score (nSPS) is 18.2. The molecule has 1 fully saturated rings. The molecule has 5 heteroatoms. The third kappa shape index (κ3) is 2.41. The second-order valence-electron chi connectivity index (χ2n) is 4.66. The van der Waals surface area contributed by atoms with Crippen LogP contribution >= 0.6 is 0 Å². The Bertz CT molecular complexity index is 540. The van der Waals surface area contributed by atoms with E-state index in [1.165, 1.54) is 0 Å². The lowest BCUT2D eigenvalue weighted by molar-refractivity contribution is 0.319. The first-order chi connectivity index (χ1) is 8.55. The molecule has 1 aliphatic carbocycles. The molecule has 1 aromatic carbocycles. The zero-order chi connectivity index (χ0) is 13.2. The quantitative estimate of drug-likeness (QED) is 0.520. The minimum atomic E-state index is -3.19. The smallest absolute Gasteiger partial charge is 0.181 e. The van der Waals surface area contributed by atoms with Crippen LogP contribution in [0.1, 0.15) is 38.2 Å². The van der Waals surface area contributed by atoms with Gasteiger partial charge in [-0.05, 0) is 37.5 Å². The van der Waals surface area contributed by atoms with E-state index < -0.39 is 9.84 Å². The minimum Gasteiger partial charge on any atom is -0.411 e. The lowest BCUT2D eigenvalue weighted by Crippen LogP contribution is -2.17. The van der Waals surface area contributed by atoms with Crippen LogP contribution < -0.4 is 0 Å². The first kappa shape index (κ1) is 13.1. The molecule has 0 aromatic heterocycles. The molecule has 1 N–H and O–H groups in total. The van der Waals surface area contributed by atoms with E-state index in [0.29, 0.717) is 10.6 Å². The number of hydrogen-bond donors (Lipinski definition) is 1. The van der Waals surface area contributed by atoms with Gasteiger partial charge in [0, 0.05) is 0 Å². The van der Waals surface area contributed by atoms with Crippen molar-refractivity contribution in [1.82, 2.24) is 0 Å². The number of hydrogen-bond acceptors (Lipinski definition) is 4. The molecule has 1 aliphatic rings. The van der Waals surface area contributed by atoms with Gasteiger partial charge in [0.25, 0.3) is 0 Å². The monoisotopic (exact) mass is 267 g/mol. The van der Waals surface area contributed by atoms with Gasteiger partial charge in [-0.15, -0.1) is 0 Å². The van der Waals surface area contributed by atoms with E-state index in [4.69, 9.17) is 5.21 Å². The van der Waals surface area contributed by atoms with Crippen LogP contribution in [0.2, 0.25) is 0 Å². The highest BCUT2D eigenvalue weighted by atomic mass is 32.2. The zero-order valence-corrected chi connectivity index (χ0v) is 11.2.